The van der Waals surface area contributed by atoms with Crippen molar-refractivity contribution in [3.8, 4) is 0 Å². The van der Waals surface area contributed by atoms with Crippen LogP contribution in [0.15, 0.2) is 22.3 Å². The van der Waals surface area contributed by atoms with Crippen LogP contribution in [-0.2, 0) is 4.74 Å². The summed E-state index contributed by atoms with van der Waals surface area (Å²) >= 11 is 0. The van der Waals surface area contributed by atoms with Gasteiger partial charge in [0.25, 0.3) is 0 Å². The molecule has 0 aromatic rings. The SMILES string of the molecule is COCCC1=C(C)C(C)C(C)=C1C. The molecule has 0 spiro atoms. The average Bonchev–Trinajstić information content (AvgIpc) is 2.30. The van der Waals surface area contributed by atoms with Gasteiger partial charge in [-0.3, -0.25) is 0 Å². The summed E-state index contributed by atoms with van der Waals surface area (Å²) in [5.74, 6) is 0.645. The Hall–Kier alpha value is -0.560. The van der Waals surface area contributed by atoms with Gasteiger partial charge in [0.15, 0.2) is 0 Å². The van der Waals surface area contributed by atoms with E-state index in [1.165, 1.54) is 22.3 Å². The Morgan fingerprint density at radius 2 is 1.77 bits per heavy atom. The third kappa shape index (κ3) is 1.86. The van der Waals surface area contributed by atoms with Gasteiger partial charge in [-0.2, -0.15) is 0 Å². The van der Waals surface area contributed by atoms with E-state index in [-0.39, 0.29) is 0 Å². The Balaban J connectivity index is 2.81. The molecule has 0 aromatic carbocycles. The van der Waals surface area contributed by atoms with Crippen molar-refractivity contribution in [1.29, 1.82) is 0 Å². The molecular weight excluding hydrogens is 160 g/mol. The second-order valence-electron chi connectivity index (χ2n) is 3.93. The lowest BCUT2D eigenvalue weighted by Gasteiger charge is -2.07. The lowest BCUT2D eigenvalue weighted by molar-refractivity contribution is 0.202. The third-order valence-electron chi connectivity index (χ3n) is 3.38. The molecule has 0 heterocycles. The Kier molecular flexibility index (Phi) is 3.32. The van der Waals surface area contributed by atoms with Crippen molar-refractivity contribution < 1.29 is 4.74 Å². The van der Waals surface area contributed by atoms with Crippen molar-refractivity contribution in [1.82, 2.24) is 0 Å². The van der Waals surface area contributed by atoms with E-state index < -0.39 is 0 Å². The minimum Gasteiger partial charge on any atom is -0.384 e. The first-order valence-corrected chi connectivity index (χ1v) is 4.96. The number of methoxy groups -OCH3 is 1. The van der Waals surface area contributed by atoms with E-state index in [0.29, 0.717) is 5.92 Å². The van der Waals surface area contributed by atoms with E-state index in [1.54, 1.807) is 7.11 Å². The molecule has 0 amide bonds. The molecule has 0 radical (unpaired) electrons. The van der Waals surface area contributed by atoms with Gasteiger partial charge in [0.2, 0.25) is 0 Å². The van der Waals surface area contributed by atoms with Crippen molar-refractivity contribution >= 4 is 0 Å². The van der Waals surface area contributed by atoms with Crippen LogP contribution in [-0.4, -0.2) is 13.7 Å². The van der Waals surface area contributed by atoms with E-state index in [2.05, 4.69) is 27.7 Å². The Labute approximate surface area is 81.5 Å². The van der Waals surface area contributed by atoms with E-state index in [1.807, 2.05) is 0 Å². The predicted octanol–water partition coefficient (Wildman–Crippen LogP) is 3.33. The van der Waals surface area contributed by atoms with Crippen molar-refractivity contribution in [3.05, 3.63) is 22.3 Å². The fourth-order valence-corrected chi connectivity index (χ4v) is 2.03. The van der Waals surface area contributed by atoms with Crippen LogP contribution in [0.3, 0.4) is 0 Å². The molecule has 0 saturated heterocycles. The summed E-state index contributed by atoms with van der Waals surface area (Å²) in [5.41, 5.74) is 6.07. The lowest BCUT2D eigenvalue weighted by Crippen LogP contribution is -1.95. The van der Waals surface area contributed by atoms with Crippen LogP contribution in [0.1, 0.15) is 34.1 Å². The lowest BCUT2D eigenvalue weighted by atomic mass is 9.99. The molecule has 13 heavy (non-hydrogen) atoms. The summed E-state index contributed by atoms with van der Waals surface area (Å²) in [5, 5.41) is 0. The zero-order chi connectivity index (χ0) is 10.0. The van der Waals surface area contributed by atoms with Crippen LogP contribution in [0.4, 0.5) is 0 Å². The Bertz CT molecular complexity index is 258. The fourth-order valence-electron chi connectivity index (χ4n) is 2.03. The average molecular weight is 180 g/mol. The molecule has 1 heteroatoms. The maximum Gasteiger partial charge on any atom is 0.0502 e. The van der Waals surface area contributed by atoms with Crippen molar-refractivity contribution in [2.75, 3.05) is 13.7 Å². The van der Waals surface area contributed by atoms with Gasteiger partial charge in [0, 0.05) is 7.11 Å². The van der Waals surface area contributed by atoms with Crippen LogP contribution in [0.5, 0.6) is 0 Å². The minimum absolute atomic E-state index is 0.645. The molecule has 0 bridgehead atoms. The van der Waals surface area contributed by atoms with Crippen LogP contribution in [0.25, 0.3) is 0 Å². The molecule has 0 saturated carbocycles. The first-order valence-electron chi connectivity index (χ1n) is 4.96. The summed E-state index contributed by atoms with van der Waals surface area (Å²) in [6.45, 7) is 9.84. The summed E-state index contributed by atoms with van der Waals surface area (Å²) in [4.78, 5) is 0. The zero-order valence-corrected chi connectivity index (χ0v) is 9.40. The van der Waals surface area contributed by atoms with Gasteiger partial charge in [0.1, 0.15) is 0 Å². The highest BCUT2D eigenvalue weighted by molar-refractivity contribution is 5.46. The maximum atomic E-state index is 5.11. The van der Waals surface area contributed by atoms with Crippen LogP contribution < -0.4 is 0 Å². The maximum absolute atomic E-state index is 5.11. The van der Waals surface area contributed by atoms with E-state index >= 15 is 0 Å². The Morgan fingerprint density at radius 1 is 1.15 bits per heavy atom. The normalized spacial score (nSPS) is 23.3. The number of hydrogen-bond acceptors (Lipinski definition) is 1. The molecule has 1 nitrogen and oxygen atoms in total. The van der Waals surface area contributed by atoms with Gasteiger partial charge in [-0.15, -0.1) is 0 Å². The van der Waals surface area contributed by atoms with E-state index in [9.17, 15) is 0 Å². The number of rotatable bonds is 3. The molecular formula is C12H20O. The molecule has 74 valence electrons. The van der Waals surface area contributed by atoms with Gasteiger partial charge in [0.05, 0.1) is 6.61 Å². The molecule has 1 rings (SSSR count). The second-order valence-corrected chi connectivity index (χ2v) is 3.93. The van der Waals surface area contributed by atoms with Gasteiger partial charge in [-0.1, -0.05) is 18.1 Å². The molecule has 1 aliphatic carbocycles. The molecule has 1 atom stereocenters. The summed E-state index contributed by atoms with van der Waals surface area (Å²) < 4.78 is 5.11. The fraction of sp³-hybridized carbons (Fsp3) is 0.667. The number of ether oxygens (including phenoxy) is 1. The van der Waals surface area contributed by atoms with E-state index in [4.69, 9.17) is 4.74 Å². The first-order chi connectivity index (χ1) is 6.09. The van der Waals surface area contributed by atoms with Crippen molar-refractivity contribution in [2.45, 2.75) is 34.1 Å². The van der Waals surface area contributed by atoms with Gasteiger partial charge >= 0.3 is 0 Å². The predicted molar refractivity (Wildman–Crippen MR) is 56.7 cm³/mol. The summed E-state index contributed by atoms with van der Waals surface area (Å²) in [6.07, 6.45) is 1.07. The van der Waals surface area contributed by atoms with Crippen molar-refractivity contribution in [2.24, 2.45) is 5.92 Å². The molecule has 1 aliphatic rings. The monoisotopic (exact) mass is 180 g/mol. The number of allylic oxidation sites excluding steroid dienone is 3. The van der Waals surface area contributed by atoms with E-state index in [0.717, 1.165) is 13.0 Å². The number of hydrogen-bond donors (Lipinski definition) is 0. The largest absolute Gasteiger partial charge is 0.384 e. The smallest absolute Gasteiger partial charge is 0.0502 e. The minimum atomic E-state index is 0.645. The van der Waals surface area contributed by atoms with Gasteiger partial charge < -0.3 is 4.74 Å². The standard InChI is InChI=1S/C12H20O/c1-8-9(2)11(4)12(10(8)3)6-7-13-5/h8H,6-7H2,1-5H3. The van der Waals surface area contributed by atoms with Crippen LogP contribution in [0, 0.1) is 5.92 Å². The van der Waals surface area contributed by atoms with Crippen LogP contribution in [0.2, 0.25) is 0 Å². The molecule has 0 aromatic heterocycles. The second kappa shape index (κ2) is 4.10. The molecule has 0 aliphatic heterocycles. The van der Waals surface area contributed by atoms with Gasteiger partial charge in [-0.25, -0.2) is 0 Å². The molecule has 0 N–H and O–H groups in total. The topological polar surface area (TPSA) is 9.23 Å². The Morgan fingerprint density at radius 3 is 2.15 bits per heavy atom. The quantitative estimate of drug-likeness (QED) is 0.647. The molecule has 1 unspecified atom stereocenters. The summed E-state index contributed by atoms with van der Waals surface area (Å²) in [6, 6.07) is 0. The molecule has 0 fully saturated rings. The third-order valence-corrected chi connectivity index (χ3v) is 3.38. The summed E-state index contributed by atoms with van der Waals surface area (Å²) in [7, 11) is 1.76. The van der Waals surface area contributed by atoms with Crippen molar-refractivity contribution in [3.63, 3.8) is 0 Å². The highest BCUT2D eigenvalue weighted by atomic mass is 16.5. The van der Waals surface area contributed by atoms with Gasteiger partial charge in [-0.05, 0) is 44.3 Å². The highest BCUT2D eigenvalue weighted by Gasteiger charge is 2.21. The zero-order valence-electron chi connectivity index (χ0n) is 9.40. The first kappa shape index (κ1) is 10.5. The van der Waals surface area contributed by atoms with Crippen LogP contribution >= 0.6 is 0 Å². The highest BCUT2D eigenvalue weighted by Crippen LogP contribution is 2.37.